The van der Waals surface area contributed by atoms with E-state index in [1.54, 1.807) is 7.05 Å². The zero-order valence-electron chi connectivity index (χ0n) is 15.9. The van der Waals surface area contributed by atoms with Crippen molar-refractivity contribution in [1.29, 1.82) is 0 Å². The fraction of sp³-hybridized carbons (Fsp3) is 0.350. The zero-order chi connectivity index (χ0) is 19.5. The van der Waals surface area contributed by atoms with Crippen LogP contribution in [-0.4, -0.2) is 35.0 Å². The van der Waals surface area contributed by atoms with Gasteiger partial charge in [-0.3, -0.25) is 4.99 Å². The van der Waals surface area contributed by atoms with Crippen LogP contribution in [0, 0.1) is 0 Å². The molecular weight excluding hydrogens is 360 g/mol. The molecule has 0 aromatic heterocycles. The highest BCUT2D eigenvalue weighted by atomic mass is 32.2. The number of hydrogen-bond donors (Lipinski definition) is 3. The Morgan fingerprint density at radius 3 is 2.22 bits per heavy atom. The van der Waals surface area contributed by atoms with Crippen molar-refractivity contribution in [2.45, 2.75) is 25.1 Å². The number of hydrogen-bond acceptors (Lipinski definition) is 3. The van der Waals surface area contributed by atoms with E-state index in [9.17, 15) is 8.42 Å². The number of benzene rings is 2. The standard InChI is InChI=1S/C20H28N4O2S/c1-21-20(23-14-6-9-17-7-4-3-5-8-17)24-15-18-10-12-19(13-11-18)16-27(25,26)22-2/h3-5,7-8,10-13,22H,6,9,14-16H2,1-2H3,(H2,21,23,24). The van der Waals surface area contributed by atoms with Crippen LogP contribution >= 0.6 is 0 Å². The molecule has 0 spiro atoms. The summed E-state index contributed by atoms with van der Waals surface area (Å²) in [6, 6.07) is 17.9. The second-order valence-electron chi connectivity index (χ2n) is 6.22. The molecule has 7 heteroatoms. The summed E-state index contributed by atoms with van der Waals surface area (Å²) in [5.41, 5.74) is 3.16. The molecule has 0 aliphatic carbocycles. The van der Waals surface area contributed by atoms with Crippen molar-refractivity contribution in [3.05, 3.63) is 71.3 Å². The average Bonchev–Trinajstić information content (AvgIpc) is 2.69. The zero-order valence-corrected chi connectivity index (χ0v) is 16.7. The summed E-state index contributed by atoms with van der Waals surface area (Å²) >= 11 is 0. The highest BCUT2D eigenvalue weighted by Gasteiger charge is 2.08. The van der Waals surface area contributed by atoms with Crippen LogP contribution in [0.3, 0.4) is 0 Å². The van der Waals surface area contributed by atoms with Gasteiger partial charge in [-0.1, -0.05) is 54.6 Å². The maximum atomic E-state index is 11.6. The first-order valence-electron chi connectivity index (χ1n) is 9.00. The lowest BCUT2D eigenvalue weighted by molar-refractivity contribution is 0.587. The minimum Gasteiger partial charge on any atom is -0.356 e. The van der Waals surface area contributed by atoms with Crippen molar-refractivity contribution in [3.8, 4) is 0 Å². The molecule has 2 rings (SSSR count). The molecule has 0 amide bonds. The number of rotatable bonds is 9. The summed E-state index contributed by atoms with van der Waals surface area (Å²) in [5.74, 6) is 0.742. The van der Waals surface area contributed by atoms with Gasteiger partial charge in [-0.15, -0.1) is 0 Å². The number of aryl methyl sites for hydroxylation is 1. The van der Waals surface area contributed by atoms with Gasteiger partial charge in [0.15, 0.2) is 5.96 Å². The lowest BCUT2D eigenvalue weighted by Crippen LogP contribution is -2.37. The van der Waals surface area contributed by atoms with Crippen molar-refractivity contribution in [2.75, 3.05) is 20.6 Å². The Bertz CT molecular complexity index is 819. The van der Waals surface area contributed by atoms with E-state index in [1.807, 2.05) is 30.3 Å². The first-order chi connectivity index (χ1) is 13.0. The van der Waals surface area contributed by atoms with Crippen molar-refractivity contribution < 1.29 is 8.42 Å². The predicted molar refractivity (Wildman–Crippen MR) is 111 cm³/mol. The molecular formula is C20H28N4O2S. The van der Waals surface area contributed by atoms with Gasteiger partial charge in [0.1, 0.15) is 0 Å². The summed E-state index contributed by atoms with van der Waals surface area (Å²) in [6.45, 7) is 1.47. The Kier molecular flexibility index (Phi) is 8.29. The molecule has 0 aliphatic heterocycles. The van der Waals surface area contributed by atoms with E-state index < -0.39 is 10.0 Å². The largest absolute Gasteiger partial charge is 0.356 e. The molecule has 0 bridgehead atoms. The quantitative estimate of drug-likeness (QED) is 0.349. The first kappa shape index (κ1) is 20.9. The monoisotopic (exact) mass is 388 g/mol. The molecule has 6 nitrogen and oxygen atoms in total. The van der Waals surface area contributed by atoms with Crippen LogP contribution in [0.1, 0.15) is 23.1 Å². The van der Waals surface area contributed by atoms with E-state index in [4.69, 9.17) is 0 Å². The summed E-state index contributed by atoms with van der Waals surface area (Å²) in [5, 5.41) is 6.58. The van der Waals surface area contributed by atoms with Gasteiger partial charge in [-0.05, 0) is 36.6 Å². The number of nitrogens with zero attached hydrogens (tertiary/aromatic N) is 1. The fourth-order valence-electron chi connectivity index (χ4n) is 2.60. The lowest BCUT2D eigenvalue weighted by Gasteiger charge is -2.12. The van der Waals surface area contributed by atoms with Crippen molar-refractivity contribution in [3.63, 3.8) is 0 Å². The van der Waals surface area contributed by atoms with Crippen molar-refractivity contribution in [1.82, 2.24) is 15.4 Å². The van der Waals surface area contributed by atoms with Crippen LogP contribution in [0.5, 0.6) is 0 Å². The highest BCUT2D eigenvalue weighted by molar-refractivity contribution is 7.88. The molecule has 27 heavy (non-hydrogen) atoms. The minimum absolute atomic E-state index is 0.0121. The Morgan fingerprint density at radius 2 is 1.59 bits per heavy atom. The van der Waals surface area contributed by atoms with Gasteiger partial charge in [0.25, 0.3) is 0 Å². The van der Waals surface area contributed by atoms with Gasteiger partial charge >= 0.3 is 0 Å². The molecule has 0 atom stereocenters. The molecule has 0 unspecified atom stereocenters. The fourth-order valence-corrected chi connectivity index (χ4v) is 3.37. The maximum absolute atomic E-state index is 11.6. The van der Waals surface area contributed by atoms with Crippen LogP contribution in [0.4, 0.5) is 0 Å². The normalized spacial score (nSPS) is 12.0. The topological polar surface area (TPSA) is 82.6 Å². The predicted octanol–water partition coefficient (Wildman–Crippen LogP) is 2.03. The highest BCUT2D eigenvalue weighted by Crippen LogP contribution is 2.07. The van der Waals surface area contributed by atoms with E-state index in [1.165, 1.54) is 12.6 Å². The maximum Gasteiger partial charge on any atom is 0.215 e. The molecule has 0 heterocycles. The van der Waals surface area contributed by atoms with E-state index in [2.05, 4.69) is 44.6 Å². The van der Waals surface area contributed by atoms with Crippen molar-refractivity contribution >= 4 is 16.0 Å². The molecule has 2 aromatic carbocycles. The second-order valence-corrected chi connectivity index (χ2v) is 8.15. The third-order valence-corrected chi connectivity index (χ3v) is 5.49. The number of sulfonamides is 1. The summed E-state index contributed by atoms with van der Waals surface area (Å²) < 4.78 is 25.5. The molecule has 0 aliphatic rings. The number of aliphatic imine (C=N–C) groups is 1. The summed E-state index contributed by atoms with van der Waals surface area (Å²) in [4.78, 5) is 4.23. The Labute approximate surface area is 162 Å². The smallest absolute Gasteiger partial charge is 0.215 e. The van der Waals surface area contributed by atoms with Crippen LogP contribution in [0.25, 0.3) is 0 Å². The van der Waals surface area contributed by atoms with E-state index in [0.29, 0.717) is 6.54 Å². The lowest BCUT2D eigenvalue weighted by atomic mass is 10.1. The van der Waals surface area contributed by atoms with Gasteiger partial charge in [0, 0.05) is 20.1 Å². The van der Waals surface area contributed by atoms with Gasteiger partial charge in [-0.25, -0.2) is 13.1 Å². The van der Waals surface area contributed by atoms with E-state index in [-0.39, 0.29) is 5.75 Å². The van der Waals surface area contributed by atoms with Crippen LogP contribution < -0.4 is 15.4 Å². The third kappa shape index (κ3) is 7.80. The Balaban J connectivity index is 1.73. The molecule has 0 saturated carbocycles. The SMILES string of the molecule is CN=C(NCCCc1ccccc1)NCc1ccc(CS(=O)(=O)NC)cc1. The molecule has 3 N–H and O–H groups in total. The van der Waals surface area contributed by atoms with Gasteiger partial charge in [-0.2, -0.15) is 0 Å². The number of guanidine groups is 1. The molecule has 0 fully saturated rings. The minimum atomic E-state index is -3.24. The Morgan fingerprint density at radius 1 is 0.926 bits per heavy atom. The second kappa shape index (κ2) is 10.7. The van der Waals surface area contributed by atoms with Gasteiger partial charge < -0.3 is 10.6 Å². The molecule has 0 radical (unpaired) electrons. The number of nitrogens with one attached hydrogen (secondary N) is 3. The van der Waals surface area contributed by atoms with Crippen LogP contribution in [-0.2, 0) is 28.7 Å². The van der Waals surface area contributed by atoms with Crippen LogP contribution in [0.2, 0.25) is 0 Å². The first-order valence-corrected chi connectivity index (χ1v) is 10.6. The summed E-state index contributed by atoms with van der Waals surface area (Å²) in [6.07, 6.45) is 2.06. The van der Waals surface area contributed by atoms with Gasteiger partial charge in [0.2, 0.25) is 10.0 Å². The molecule has 2 aromatic rings. The van der Waals surface area contributed by atoms with E-state index >= 15 is 0 Å². The van der Waals surface area contributed by atoms with Crippen LogP contribution in [0.15, 0.2) is 59.6 Å². The summed E-state index contributed by atoms with van der Waals surface area (Å²) in [7, 11) is -0.0718. The molecule has 146 valence electrons. The van der Waals surface area contributed by atoms with Gasteiger partial charge in [0.05, 0.1) is 5.75 Å². The molecule has 0 saturated heterocycles. The third-order valence-electron chi connectivity index (χ3n) is 4.15. The average molecular weight is 389 g/mol. The Hall–Kier alpha value is -2.38. The van der Waals surface area contributed by atoms with E-state index in [0.717, 1.165) is 36.5 Å². The van der Waals surface area contributed by atoms with Crippen molar-refractivity contribution in [2.24, 2.45) is 4.99 Å².